The lowest BCUT2D eigenvalue weighted by molar-refractivity contribution is 0.481. The Morgan fingerprint density at radius 3 is 1.17 bits per heavy atom. The predicted molar refractivity (Wildman–Crippen MR) is 269 cm³/mol. The van der Waals surface area contributed by atoms with E-state index in [1.54, 1.807) is 0 Å². The number of benzene rings is 9. The first-order chi connectivity index (χ1) is 31.5. The molecule has 0 spiro atoms. The minimum atomic E-state index is -0.00367. The Kier molecular flexibility index (Phi) is 8.69. The van der Waals surface area contributed by atoms with Crippen molar-refractivity contribution in [3.8, 4) is 23.0 Å². The number of nitrogens with zero attached hydrogens (tertiary/aromatic N) is 2. The first kappa shape index (κ1) is 37.6. The highest BCUT2D eigenvalue weighted by Crippen LogP contribution is 2.49. The third-order valence-electron chi connectivity index (χ3n) is 12.9. The lowest BCUT2D eigenvalue weighted by Gasteiger charge is -2.44. The molecule has 9 aromatic carbocycles. The summed E-state index contributed by atoms with van der Waals surface area (Å²) in [4.78, 5) is 9.98. The quantitative estimate of drug-likeness (QED) is 0.155. The topological polar surface area (TPSA) is 24.9 Å². The standard InChI is InChI=1S/C56H38B2N2O2S2/c1-35-23-25-43-51(27-35)63-53-31-41(61-39-19-11-5-12-20-39)29-49-55(53)57(43)45-33-46-48(34-47(45)59(49)37-15-7-3-8-16-37)60(38-17-9-4-10-18-38)50-30-42(62-40-21-13-6-14-22-40)32-54-56(50)58(46)44-26-24-36(2)28-52(44)64-54/h3-34H,1-2H3. The second-order valence-corrected chi connectivity index (χ2v) is 19.2. The lowest BCUT2D eigenvalue weighted by atomic mass is 9.31. The highest BCUT2D eigenvalue weighted by molar-refractivity contribution is 8.00. The molecule has 64 heavy (non-hydrogen) atoms. The molecule has 4 heterocycles. The largest absolute Gasteiger partial charge is 0.457 e. The zero-order valence-electron chi connectivity index (χ0n) is 35.2. The molecule has 8 heteroatoms. The van der Waals surface area contributed by atoms with Crippen LogP contribution >= 0.6 is 23.5 Å². The molecule has 0 N–H and O–H groups in total. The molecule has 9 aromatic rings. The SMILES string of the molecule is Cc1ccc2c(c1)Sc1cc(Oc3ccccc3)cc3c1B2c1cc2c(cc1N3c1ccccc1)N(c1ccccc1)c1cc(Oc3ccccc3)cc3c1B2c1ccc(C)cc1S3. The molecular weight excluding hydrogens is 818 g/mol. The van der Waals surface area contributed by atoms with Gasteiger partial charge in [0.15, 0.2) is 0 Å². The summed E-state index contributed by atoms with van der Waals surface area (Å²) in [6.45, 7) is 4.39. The summed E-state index contributed by atoms with van der Waals surface area (Å²) in [7, 11) is 0. The fourth-order valence-electron chi connectivity index (χ4n) is 10.2. The molecule has 0 saturated heterocycles. The highest BCUT2D eigenvalue weighted by atomic mass is 32.2. The summed E-state index contributed by atoms with van der Waals surface area (Å²) < 4.78 is 13.4. The number of hydrogen-bond acceptors (Lipinski definition) is 6. The molecular formula is C56H38B2N2O2S2. The van der Waals surface area contributed by atoms with E-state index in [9.17, 15) is 0 Å². The number of rotatable bonds is 6. The molecule has 0 radical (unpaired) electrons. The summed E-state index contributed by atoms with van der Waals surface area (Å²) in [5, 5.41) is 0. The molecule has 4 aliphatic heterocycles. The summed E-state index contributed by atoms with van der Waals surface area (Å²) in [6.07, 6.45) is 0. The number of anilines is 6. The van der Waals surface area contributed by atoms with Crippen molar-refractivity contribution >= 4 is 104 Å². The van der Waals surface area contributed by atoms with Crippen LogP contribution < -0.4 is 52.1 Å². The van der Waals surface area contributed by atoms with E-state index in [1.807, 2.05) is 84.2 Å². The third kappa shape index (κ3) is 6.04. The van der Waals surface area contributed by atoms with Crippen LogP contribution in [0.2, 0.25) is 0 Å². The van der Waals surface area contributed by atoms with Crippen molar-refractivity contribution in [1.29, 1.82) is 0 Å². The van der Waals surface area contributed by atoms with E-state index in [0.29, 0.717) is 0 Å². The minimum absolute atomic E-state index is 0.00367. The molecule has 0 aliphatic carbocycles. The Labute approximate surface area is 382 Å². The Hall–Kier alpha value is -6.99. The molecule has 0 atom stereocenters. The van der Waals surface area contributed by atoms with Gasteiger partial charge in [-0.2, -0.15) is 0 Å². The van der Waals surface area contributed by atoms with Gasteiger partial charge in [-0.05, 0) is 115 Å². The van der Waals surface area contributed by atoms with Crippen LogP contribution in [0.25, 0.3) is 0 Å². The maximum absolute atomic E-state index is 6.71. The summed E-state index contributed by atoms with van der Waals surface area (Å²) in [6, 6.07) is 70.1. The van der Waals surface area contributed by atoms with Crippen molar-refractivity contribution in [2.24, 2.45) is 0 Å². The van der Waals surface area contributed by atoms with Crippen LogP contribution in [0.15, 0.2) is 214 Å². The number of para-hydroxylation sites is 4. The van der Waals surface area contributed by atoms with Crippen LogP contribution in [0.4, 0.5) is 34.1 Å². The van der Waals surface area contributed by atoms with Crippen LogP contribution in [-0.4, -0.2) is 13.4 Å². The van der Waals surface area contributed by atoms with Gasteiger partial charge >= 0.3 is 0 Å². The van der Waals surface area contributed by atoms with E-state index in [0.717, 1.165) is 57.1 Å². The second kappa shape index (κ2) is 14.8. The van der Waals surface area contributed by atoms with Crippen LogP contribution in [0.1, 0.15) is 11.1 Å². The van der Waals surface area contributed by atoms with Gasteiger partial charge in [0.05, 0.1) is 0 Å². The molecule has 0 fully saturated rings. The number of aryl methyl sites for hydroxylation is 2. The van der Waals surface area contributed by atoms with Gasteiger partial charge in [-0.15, -0.1) is 0 Å². The minimum Gasteiger partial charge on any atom is -0.457 e. The molecule has 0 saturated carbocycles. The average molecular weight is 857 g/mol. The van der Waals surface area contributed by atoms with Crippen molar-refractivity contribution in [3.05, 3.63) is 205 Å². The first-order valence-corrected chi connectivity index (χ1v) is 23.4. The van der Waals surface area contributed by atoms with E-state index in [4.69, 9.17) is 9.47 Å². The Morgan fingerprint density at radius 2 is 0.750 bits per heavy atom. The average Bonchev–Trinajstić information content (AvgIpc) is 3.31. The lowest BCUT2D eigenvalue weighted by Crippen LogP contribution is -2.64. The maximum Gasteiger partial charge on any atom is 0.249 e. The molecule has 302 valence electrons. The van der Waals surface area contributed by atoms with Gasteiger partial charge in [0.25, 0.3) is 0 Å². The molecule has 0 bridgehead atoms. The van der Waals surface area contributed by atoms with Gasteiger partial charge < -0.3 is 19.3 Å². The summed E-state index contributed by atoms with van der Waals surface area (Å²) in [5.74, 6) is 3.25. The Balaban J connectivity index is 1.11. The summed E-state index contributed by atoms with van der Waals surface area (Å²) >= 11 is 3.72. The monoisotopic (exact) mass is 856 g/mol. The fourth-order valence-corrected chi connectivity index (χ4v) is 12.8. The Bertz CT molecular complexity index is 3120. The van der Waals surface area contributed by atoms with Crippen LogP contribution in [0.5, 0.6) is 23.0 Å². The van der Waals surface area contributed by atoms with Crippen LogP contribution in [0.3, 0.4) is 0 Å². The molecule has 4 aliphatic rings. The fraction of sp³-hybridized carbons (Fsp3) is 0.0357. The maximum atomic E-state index is 6.71. The number of hydrogen-bond donors (Lipinski definition) is 0. The van der Waals surface area contributed by atoms with Crippen LogP contribution in [-0.2, 0) is 0 Å². The third-order valence-corrected chi connectivity index (χ3v) is 15.2. The zero-order chi connectivity index (χ0) is 42.5. The second-order valence-electron chi connectivity index (χ2n) is 17.0. The first-order valence-electron chi connectivity index (χ1n) is 21.8. The van der Waals surface area contributed by atoms with Crippen molar-refractivity contribution in [3.63, 3.8) is 0 Å². The van der Waals surface area contributed by atoms with Gasteiger partial charge in [-0.25, -0.2) is 0 Å². The van der Waals surface area contributed by atoms with Gasteiger partial charge in [0.2, 0.25) is 13.4 Å². The molecule has 0 aromatic heterocycles. The molecule has 4 nitrogen and oxygen atoms in total. The van der Waals surface area contributed by atoms with Crippen molar-refractivity contribution < 1.29 is 9.47 Å². The molecule has 0 amide bonds. The summed E-state index contributed by atoms with van der Waals surface area (Å²) in [5.41, 5.74) is 17.2. The van der Waals surface area contributed by atoms with E-state index >= 15 is 0 Å². The number of fused-ring (bicyclic) bond motifs is 8. The van der Waals surface area contributed by atoms with E-state index in [2.05, 4.69) is 157 Å². The number of ether oxygens (including phenoxy) is 2. The van der Waals surface area contributed by atoms with Crippen molar-refractivity contribution in [2.75, 3.05) is 9.80 Å². The van der Waals surface area contributed by atoms with Gasteiger partial charge in [0, 0.05) is 65.8 Å². The van der Waals surface area contributed by atoms with Gasteiger partial charge in [-0.3, -0.25) is 0 Å². The van der Waals surface area contributed by atoms with Crippen LogP contribution in [0, 0.1) is 13.8 Å². The van der Waals surface area contributed by atoms with E-state index < -0.39 is 0 Å². The van der Waals surface area contributed by atoms with Crippen molar-refractivity contribution in [1.82, 2.24) is 0 Å². The highest BCUT2D eigenvalue weighted by Gasteiger charge is 2.46. The van der Waals surface area contributed by atoms with Gasteiger partial charge in [0.1, 0.15) is 23.0 Å². The predicted octanol–water partition coefficient (Wildman–Crippen LogP) is 11.4. The smallest absolute Gasteiger partial charge is 0.249 e. The Morgan fingerprint density at radius 1 is 0.344 bits per heavy atom. The van der Waals surface area contributed by atoms with E-state index in [1.165, 1.54) is 63.5 Å². The van der Waals surface area contributed by atoms with Gasteiger partial charge in [-0.1, -0.05) is 149 Å². The normalized spacial score (nSPS) is 13.5. The van der Waals surface area contributed by atoms with Crippen molar-refractivity contribution in [2.45, 2.75) is 33.4 Å². The molecule has 13 rings (SSSR count). The molecule has 0 unspecified atom stereocenters. The zero-order valence-corrected chi connectivity index (χ0v) is 36.8. The van der Waals surface area contributed by atoms with E-state index in [-0.39, 0.29) is 13.4 Å².